The maximum absolute atomic E-state index is 4.50. The summed E-state index contributed by atoms with van der Waals surface area (Å²) in [5.74, 6) is 2.58. The summed E-state index contributed by atoms with van der Waals surface area (Å²) in [7, 11) is 0. The van der Waals surface area contributed by atoms with E-state index in [1.165, 1.54) is 35.3 Å². The van der Waals surface area contributed by atoms with Gasteiger partial charge >= 0.3 is 0 Å². The van der Waals surface area contributed by atoms with Crippen LogP contribution in [0.5, 0.6) is 0 Å². The Labute approximate surface area is 112 Å². The molecular formula is C15H18N2S. The highest BCUT2D eigenvalue weighted by atomic mass is 32.2. The van der Waals surface area contributed by atoms with Gasteiger partial charge in [0.2, 0.25) is 0 Å². The Balaban J connectivity index is 1.66. The molecule has 1 fully saturated rings. The van der Waals surface area contributed by atoms with Crippen molar-refractivity contribution in [3.63, 3.8) is 0 Å². The van der Waals surface area contributed by atoms with Gasteiger partial charge in [-0.3, -0.25) is 4.98 Å². The van der Waals surface area contributed by atoms with E-state index >= 15 is 0 Å². The predicted octanol–water partition coefficient (Wildman–Crippen LogP) is 3.22. The zero-order valence-electron chi connectivity index (χ0n) is 10.4. The Morgan fingerprint density at radius 2 is 2.28 bits per heavy atom. The topological polar surface area (TPSA) is 24.9 Å². The molecule has 2 nitrogen and oxygen atoms in total. The fourth-order valence-corrected chi connectivity index (χ4v) is 3.48. The average Bonchev–Trinajstić information content (AvgIpc) is 2.46. The number of thioether (sulfide) groups is 1. The number of nitrogens with zero attached hydrogens (tertiary/aromatic N) is 1. The first-order valence-electron chi connectivity index (χ1n) is 6.56. The third-order valence-electron chi connectivity index (χ3n) is 3.40. The molecule has 0 amide bonds. The Kier molecular flexibility index (Phi) is 3.81. The number of nitrogens with one attached hydrogen (secondary N) is 1. The van der Waals surface area contributed by atoms with E-state index in [0.717, 1.165) is 12.1 Å². The molecule has 1 aliphatic heterocycles. The lowest BCUT2D eigenvalue weighted by Crippen LogP contribution is -2.33. The van der Waals surface area contributed by atoms with Crippen LogP contribution in [0.2, 0.25) is 0 Å². The van der Waals surface area contributed by atoms with E-state index in [-0.39, 0.29) is 0 Å². The number of fused-ring (bicyclic) bond motifs is 1. The van der Waals surface area contributed by atoms with Crippen molar-refractivity contribution in [1.29, 1.82) is 0 Å². The molecular weight excluding hydrogens is 240 g/mol. The van der Waals surface area contributed by atoms with E-state index in [4.69, 9.17) is 0 Å². The van der Waals surface area contributed by atoms with Gasteiger partial charge in [-0.1, -0.05) is 18.2 Å². The van der Waals surface area contributed by atoms with Crippen LogP contribution in [-0.2, 0) is 6.54 Å². The summed E-state index contributed by atoms with van der Waals surface area (Å²) in [5.41, 5.74) is 2.36. The molecule has 1 saturated heterocycles. The number of pyridine rings is 1. The highest BCUT2D eigenvalue weighted by molar-refractivity contribution is 7.99. The van der Waals surface area contributed by atoms with E-state index in [1.807, 2.05) is 12.3 Å². The molecule has 0 spiro atoms. The molecule has 2 heterocycles. The van der Waals surface area contributed by atoms with Crippen LogP contribution in [0, 0.1) is 0 Å². The van der Waals surface area contributed by atoms with Gasteiger partial charge in [0.25, 0.3) is 0 Å². The average molecular weight is 258 g/mol. The summed E-state index contributed by atoms with van der Waals surface area (Å²) in [6.07, 6.45) is 4.65. The second-order valence-corrected chi connectivity index (χ2v) is 5.98. The van der Waals surface area contributed by atoms with Gasteiger partial charge in [-0.15, -0.1) is 0 Å². The lowest BCUT2D eigenvalue weighted by molar-refractivity contribution is 0.507. The standard InChI is InChI=1S/C15H18N2S/c1-2-6-15-13(4-1)8-12(10-17-15)9-16-14-5-3-7-18-11-14/h1-2,4,6,8,10,14,16H,3,5,7,9,11H2/t14-/m0/s1. The minimum absolute atomic E-state index is 0.676. The molecule has 1 aliphatic rings. The summed E-state index contributed by atoms with van der Waals surface area (Å²) in [6, 6.07) is 11.2. The molecule has 94 valence electrons. The first-order valence-corrected chi connectivity index (χ1v) is 7.72. The van der Waals surface area contributed by atoms with E-state index in [0.29, 0.717) is 6.04 Å². The van der Waals surface area contributed by atoms with Gasteiger partial charge in [0.1, 0.15) is 0 Å². The van der Waals surface area contributed by atoms with Crippen molar-refractivity contribution < 1.29 is 0 Å². The first-order chi connectivity index (χ1) is 8.92. The number of para-hydroxylation sites is 1. The third kappa shape index (κ3) is 2.85. The number of benzene rings is 1. The zero-order valence-corrected chi connectivity index (χ0v) is 11.2. The van der Waals surface area contributed by atoms with Gasteiger partial charge in [-0.2, -0.15) is 11.8 Å². The Bertz CT molecular complexity index is 521. The van der Waals surface area contributed by atoms with Crippen molar-refractivity contribution in [3.8, 4) is 0 Å². The fraction of sp³-hybridized carbons (Fsp3) is 0.400. The van der Waals surface area contributed by atoms with Crippen LogP contribution in [0.15, 0.2) is 36.5 Å². The van der Waals surface area contributed by atoms with Gasteiger partial charge in [0.05, 0.1) is 5.52 Å². The lowest BCUT2D eigenvalue weighted by Gasteiger charge is -2.22. The second kappa shape index (κ2) is 5.72. The summed E-state index contributed by atoms with van der Waals surface area (Å²) in [5, 5.41) is 4.87. The highest BCUT2D eigenvalue weighted by Gasteiger charge is 2.12. The van der Waals surface area contributed by atoms with E-state index in [9.17, 15) is 0 Å². The van der Waals surface area contributed by atoms with E-state index < -0.39 is 0 Å². The molecule has 2 aromatic rings. The maximum Gasteiger partial charge on any atom is 0.0702 e. The Morgan fingerprint density at radius 1 is 1.33 bits per heavy atom. The van der Waals surface area contributed by atoms with Crippen LogP contribution < -0.4 is 5.32 Å². The largest absolute Gasteiger partial charge is 0.309 e. The minimum atomic E-state index is 0.676. The van der Waals surface area contributed by atoms with E-state index in [1.54, 1.807) is 0 Å². The van der Waals surface area contributed by atoms with Crippen LogP contribution in [0.3, 0.4) is 0 Å². The Hall–Kier alpha value is -1.06. The van der Waals surface area contributed by atoms with Gasteiger partial charge in [-0.25, -0.2) is 0 Å². The van der Waals surface area contributed by atoms with Gasteiger partial charge < -0.3 is 5.32 Å². The van der Waals surface area contributed by atoms with Crippen LogP contribution in [0.4, 0.5) is 0 Å². The van der Waals surface area contributed by atoms with Crippen molar-refractivity contribution in [3.05, 3.63) is 42.1 Å². The Morgan fingerprint density at radius 3 is 3.17 bits per heavy atom. The third-order valence-corrected chi connectivity index (χ3v) is 4.62. The molecule has 18 heavy (non-hydrogen) atoms. The van der Waals surface area contributed by atoms with Crippen LogP contribution in [-0.4, -0.2) is 22.5 Å². The summed E-state index contributed by atoms with van der Waals surface area (Å²) in [6.45, 7) is 0.934. The van der Waals surface area contributed by atoms with Crippen LogP contribution in [0.1, 0.15) is 18.4 Å². The molecule has 0 aliphatic carbocycles. The van der Waals surface area contributed by atoms with Gasteiger partial charge in [-0.05, 0) is 36.3 Å². The van der Waals surface area contributed by atoms with Crippen molar-refractivity contribution in [2.75, 3.05) is 11.5 Å². The molecule has 0 bridgehead atoms. The maximum atomic E-state index is 4.50. The molecule has 3 rings (SSSR count). The fourth-order valence-electron chi connectivity index (χ4n) is 2.38. The first kappa shape index (κ1) is 12.0. The lowest BCUT2D eigenvalue weighted by atomic mass is 10.1. The molecule has 0 unspecified atom stereocenters. The van der Waals surface area contributed by atoms with Gasteiger partial charge in [0.15, 0.2) is 0 Å². The minimum Gasteiger partial charge on any atom is -0.309 e. The quantitative estimate of drug-likeness (QED) is 0.915. The SMILES string of the molecule is c1ccc2ncc(CN[C@H]3CCCSC3)cc2c1. The van der Waals surface area contributed by atoms with Crippen LogP contribution in [0.25, 0.3) is 10.9 Å². The predicted molar refractivity (Wildman–Crippen MR) is 78.9 cm³/mol. The number of rotatable bonds is 3. The number of hydrogen-bond donors (Lipinski definition) is 1. The number of aromatic nitrogens is 1. The molecule has 1 aromatic carbocycles. The van der Waals surface area contributed by atoms with Gasteiger partial charge in [0, 0.05) is 29.9 Å². The van der Waals surface area contributed by atoms with E-state index in [2.05, 4.69) is 46.3 Å². The van der Waals surface area contributed by atoms with Crippen molar-refractivity contribution >= 4 is 22.7 Å². The summed E-state index contributed by atoms with van der Waals surface area (Å²) < 4.78 is 0. The smallest absolute Gasteiger partial charge is 0.0702 e. The molecule has 1 atom stereocenters. The zero-order chi connectivity index (χ0) is 12.2. The molecule has 0 radical (unpaired) electrons. The van der Waals surface area contributed by atoms with Crippen molar-refractivity contribution in [2.45, 2.75) is 25.4 Å². The van der Waals surface area contributed by atoms with Crippen LogP contribution >= 0.6 is 11.8 Å². The monoisotopic (exact) mass is 258 g/mol. The van der Waals surface area contributed by atoms with Crippen molar-refractivity contribution in [2.24, 2.45) is 0 Å². The van der Waals surface area contributed by atoms with Crippen molar-refractivity contribution in [1.82, 2.24) is 10.3 Å². The molecule has 0 saturated carbocycles. The summed E-state index contributed by atoms with van der Waals surface area (Å²) in [4.78, 5) is 4.50. The molecule has 3 heteroatoms. The second-order valence-electron chi connectivity index (χ2n) is 4.83. The molecule has 1 N–H and O–H groups in total. The molecule has 1 aromatic heterocycles. The highest BCUT2D eigenvalue weighted by Crippen LogP contribution is 2.18. The number of hydrogen-bond acceptors (Lipinski definition) is 3. The normalized spacial score (nSPS) is 20.1. The summed E-state index contributed by atoms with van der Waals surface area (Å²) >= 11 is 2.06.